The molecule has 0 unspecified atom stereocenters. The Bertz CT molecular complexity index is 901. The first-order valence-electron chi connectivity index (χ1n) is 8.94. The van der Waals surface area contributed by atoms with Crippen LogP contribution in [0, 0.1) is 13.8 Å². The lowest BCUT2D eigenvalue weighted by molar-refractivity contribution is 0.181. The minimum atomic E-state index is -0.370. The maximum absolute atomic E-state index is 12.8. The van der Waals surface area contributed by atoms with Crippen molar-refractivity contribution in [1.82, 2.24) is 14.9 Å². The average Bonchev–Trinajstić information content (AvgIpc) is 3.23. The molecular weight excluding hydrogens is 346 g/mol. The number of aromatic nitrogens is 2. The van der Waals surface area contributed by atoms with Gasteiger partial charge in [0.1, 0.15) is 18.2 Å². The molecule has 2 aliphatic heterocycles. The number of ether oxygens (including phenoxy) is 1. The van der Waals surface area contributed by atoms with E-state index in [-0.39, 0.29) is 12.1 Å². The molecule has 0 bridgehead atoms. The zero-order valence-corrected chi connectivity index (χ0v) is 15.4. The van der Waals surface area contributed by atoms with Gasteiger partial charge >= 0.3 is 12.1 Å². The summed E-state index contributed by atoms with van der Waals surface area (Å²) in [6.07, 6.45) is -0.370. The summed E-state index contributed by atoms with van der Waals surface area (Å²) in [6.45, 7) is 6.41. The molecule has 3 amide bonds. The first-order valence-corrected chi connectivity index (χ1v) is 8.94. The van der Waals surface area contributed by atoms with E-state index < -0.39 is 0 Å². The van der Waals surface area contributed by atoms with Crippen LogP contribution in [0.2, 0.25) is 0 Å². The standard InChI is InChI=1S/C19H21N5O3/c1-13-4-3-5-16(20-13)23-9-8-22(18(23)25)12-15-6-7-17(21-14(15)2)24-10-11-27-19(24)26/h3-7H,8-12H2,1-2H3. The molecule has 2 aromatic heterocycles. The van der Waals surface area contributed by atoms with E-state index >= 15 is 0 Å². The molecule has 0 spiro atoms. The number of hydrogen-bond acceptors (Lipinski definition) is 5. The number of anilines is 2. The molecular formula is C19H21N5O3. The predicted octanol–water partition coefficient (Wildman–Crippen LogP) is 2.49. The molecule has 0 saturated carbocycles. The molecule has 0 atom stereocenters. The largest absolute Gasteiger partial charge is 0.447 e. The van der Waals surface area contributed by atoms with Crippen LogP contribution in [0.5, 0.6) is 0 Å². The summed E-state index contributed by atoms with van der Waals surface area (Å²) in [5, 5.41) is 0. The Morgan fingerprint density at radius 2 is 1.78 bits per heavy atom. The highest BCUT2D eigenvalue weighted by Gasteiger charge is 2.31. The molecule has 4 heterocycles. The summed E-state index contributed by atoms with van der Waals surface area (Å²) in [6, 6.07) is 9.34. The van der Waals surface area contributed by atoms with Crippen LogP contribution in [0.15, 0.2) is 30.3 Å². The molecule has 27 heavy (non-hydrogen) atoms. The van der Waals surface area contributed by atoms with Crippen LogP contribution in [0.1, 0.15) is 17.0 Å². The number of urea groups is 1. The Kier molecular flexibility index (Phi) is 4.39. The number of carbonyl (C=O) groups excluding carboxylic acids is 2. The Morgan fingerprint density at radius 3 is 2.48 bits per heavy atom. The molecule has 2 aromatic rings. The highest BCUT2D eigenvalue weighted by molar-refractivity contribution is 5.93. The number of nitrogens with zero attached hydrogens (tertiary/aromatic N) is 5. The van der Waals surface area contributed by atoms with Gasteiger partial charge in [-0.2, -0.15) is 0 Å². The second-order valence-corrected chi connectivity index (χ2v) is 6.67. The summed E-state index contributed by atoms with van der Waals surface area (Å²) >= 11 is 0. The lowest BCUT2D eigenvalue weighted by Gasteiger charge is -2.20. The van der Waals surface area contributed by atoms with Crippen molar-refractivity contribution in [3.05, 3.63) is 47.3 Å². The average molecular weight is 367 g/mol. The van der Waals surface area contributed by atoms with Gasteiger partial charge in [0.25, 0.3) is 0 Å². The van der Waals surface area contributed by atoms with Crippen LogP contribution in [-0.2, 0) is 11.3 Å². The monoisotopic (exact) mass is 367 g/mol. The minimum absolute atomic E-state index is 0.0558. The van der Waals surface area contributed by atoms with Crippen molar-refractivity contribution in [1.29, 1.82) is 0 Å². The van der Waals surface area contributed by atoms with E-state index in [0.717, 1.165) is 17.0 Å². The first-order chi connectivity index (χ1) is 13.0. The molecule has 2 fully saturated rings. The Labute approximate surface area is 157 Å². The fraction of sp³-hybridized carbons (Fsp3) is 0.368. The summed E-state index contributed by atoms with van der Waals surface area (Å²) in [5.74, 6) is 1.26. The highest BCUT2D eigenvalue weighted by atomic mass is 16.6. The fourth-order valence-electron chi connectivity index (χ4n) is 3.32. The Balaban J connectivity index is 1.48. The third-order valence-electron chi connectivity index (χ3n) is 4.82. The number of cyclic esters (lactones) is 1. The SMILES string of the molecule is Cc1cccc(N2CCN(Cc3ccc(N4CCOC4=O)nc3C)C2=O)n1. The number of aryl methyl sites for hydroxylation is 2. The molecule has 0 aromatic carbocycles. The number of hydrogen-bond donors (Lipinski definition) is 0. The van der Waals surface area contributed by atoms with Crippen molar-refractivity contribution < 1.29 is 14.3 Å². The van der Waals surface area contributed by atoms with Gasteiger partial charge < -0.3 is 9.64 Å². The summed E-state index contributed by atoms with van der Waals surface area (Å²) in [4.78, 5) is 38.4. The van der Waals surface area contributed by atoms with Crippen LogP contribution in [0.4, 0.5) is 21.2 Å². The normalized spacial score (nSPS) is 17.0. The molecule has 8 nitrogen and oxygen atoms in total. The van der Waals surface area contributed by atoms with Crippen LogP contribution >= 0.6 is 0 Å². The third kappa shape index (κ3) is 3.30. The molecule has 0 aliphatic carbocycles. The minimum Gasteiger partial charge on any atom is -0.447 e. The van der Waals surface area contributed by atoms with Crippen molar-refractivity contribution in [3.63, 3.8) is 0 Å². The molecule has 140 valence electrons. The zero-order valence-electron chi connectivity index (χ0n) is 15.4. The quantitative estimate of drug-likeness (QED) is 0.830. The van der Waals surface area contributed by atoms with E-state index in [2.05, 4.69) is 9.97 Å². The van der Waals surface area contributed by atoms with Gasteiger partial charge in [0.05, 0.1) is 6.54 Å². The van der Waals surface area contributed by atoms with Gasteiger partial charge in [0, 0.05) is 31.0 Å². The van der Waals surface area contributed by atoms with Crippen LogP contribution in [0.25, 0.3) is 0 Å². The van der Waals surface area contributed by atoms with Gasteiger partial charge in [-0.15, -0.1) is 0 Å². The van der Waals surface area contributed by atoms with Gasteiger partial charge in [0.2, 0.25) is 0 Å². The molecule has 8 heteroatoms. The van der Waals surface area contributed by atoms with Gasteiger partial charge in [0.15, 0.2) is 0 Å². The topological polar surface area (TPSA) is 78.9 Å². The van der Waals surface area contributed by atoms with Gasteiger partial charge in [-0.25, -0.2) is 19.6 Å². The highest BCUT2D eigenvalue weighted by Crippen LogP contribution is 2.23. The summed E-state index contributed by atoms with van der Waals surface area (Å²) in [5.41, 5.74) is 2.64. The molecule has 4 rings (SSSR count). The molecule has 2 aliphatic rings. The van der Waals surface area contributed by atoms with E-state index in [9.17, 15) is 9.59 Å². The van der Waals surface area contributed by atoms with Crippen molar-refractivity contribution >= 4 is 23.8 Å². The summed E-state index contributed by atoms with van der Waals surface area (Å²) in [7, 11) is 0. The maximum Gasteiger partial charge on any atom is 0.415 e. The van der Waals surface area contributed by atoms with E-state index in [1.54, 1.807) is 15.9 Å². The van der Waals surface area contributed by atoms with Crippen molar-refractivity contribution in [2.45, 2.75) is 20.4 Å². The second kappa shape index (κ2) is 6.86. The number of amides is 3. The Morgan fingerprint density at radius 1 is 0.963 bits per heavy atom. The second-order valence-electron chi connectivity index (χ2n) is 6.67. The smallest absolute Gasteiger partial charge is 0.415 e. The molecule has 0 radical (unpaired) electrons. The third-order valence-corrected chi connectivity index (χ3v) is 4.82. The zero-order chi connectivity index (χ0) is 19.0. The van der Waals surface area contributed by atoms with Gasteiger partial charge in [-0.1, -0.05) is 12.1 Å². The molecule has 0 N–H and O–H groups in total. The van der Waals surface area contributed by atoms with Crippen molar-refractivity contribution in [3.8, 4) is 0 Å². The van der Waals surface area contributed by atoms with Crippen molar-refractivity contribution in [2.75, 3.05) is 36.0 Å². The lowest BCUT2D eigenvalue weighted by Crippen LogP contribution is -2.32. The number of pyridine rings is 2. The fourth-order valence-corrected chi connectivity index (χ4v) is 3.32. The van der Waals surface area contributed by atoms with Crippen LogP contribution in [0.3, 0.4) is 0 Å². The van der Waals surface area contributed by atoms with Gasteiger partial charge in [-0.05, 0) is 37.6 Å². The number of rotatable bonds is 4. The van der Waals surface area contributed by atoms with E-state index in [0.29, 0.717) is 44.4 Å². The van der Waals surface area contributed by atoms with Crippen molar-refractivity contribution in [2.24, 2.45) is 0 Å². The van der Waals surface area contributed by atoms with E-state index in [1.807, 2.05) is 38.1 Å². The molecule has 2 saturated heterocycles. The van der Waals surface area contributed by atoms with Gasteiger partial charge in [-0.3, -0.25) is 9.80 Å². The van der Waals surface area contributed by atoms with Crippen LogP contribution in [-0.4, -0.2) is 53.2 Å². The van der Waals surface area contributed by atoms with Crippen LogP contribution < -0.4 is 9.80 Å². The number of carbonyl (C=O) groups is 2. The van der Waals surface area contributed by atoms with E-state index in [4.69, 9.17) is 4.74 Å². The maximum atomic E-state index is 12.8. The first kappa shape index (κ1) is 17.3. The predicted molar refractivity (Wildman–Crippen MR) is 99.8 cm³/mol. The Hall–Kier alpha value is -3.16. The summed E-state index contributed by atoms with van der Waals surface area (Å²) < 4.78 is 4.96. The van der Waals surface area contributed by atoms with E-state index in [1.165, 1.54) is 4.90 Å². The lowest BCUT2D eigenvalue weighted by atomic mass is 10.2.